The molecule has 0 heterocycles. The van der Waals surface area contributed by atoms with Gasteiger partial charge in [-0.15, -0.1) is 4.33 Å². The van der Waals surface area contributed by atoms with Crippen LogP contribution in [0.5, 0.6) is 0 Å². The molecule has 0 unspecified atom stereocenters. The maximum Gasteiger partial charge on any atom is 0.323 e. The van der Waals surface area contributed by atoms with Gasteiger partial charge in [-0.2, -0.15) is 8.42 Å². The molecule has 0 aliphatic carbocycles. The number of rotatable bonds is 3. The lowest BCUT2D eigenvalue weighted by Crippen LogP contribution is -2.04. The summed E-state index contributed by atoms with van der Waals surface area (Å²) < 4.78 is 26.6. The van der Waals surface area contributed by atoms with E-state index >= 15 is 0 Å². The summed E-state index contributed by atoms with van der Waals surface area (Å²) in [5.41, 5.74) is 1.23. The Labute approximate surface area is 99.2 Å². The molecule has 17 heavy (non-hydrogen) atoms. The summed E-state index contributed by atoms with van der Waals surface area (Å²) in [6, 6.07) is 15.3. The highest BCUT2D eigenvalue weighted by atomic mass is 32.2. The van der Waals surface area contributed by atoms with E-state index in [1.54, 1.807) is 42.5 Å². The van der Waals surface area contributed by atoms with E-state index in [4.69, 9.17) is 5.26 Å². The molecule has 88 valence electrons. The Morgan fingerprint density at radius 1 is 0.882 bits per heavy atom. The van der Waals surface area contributed by atoms with Crippen LogP contribution in [-0.2, 0) is 14.5 Å². The van der Waals surface area contributed by atoms with Crippen LogP contribution in [0.3, 0.4) is 0 Å². The zero-order chi connectivity index (χ0) is 12.3. The molecule has 0 spiro atoms. The molecule has 0 radical (unpaired) electrons. The van der Waals surface area contributed by atoms with Gasteiger partial charge >= 0.3 is 10.1 Å². The third kappa shape index (κ3) is 2.36. The Bertz CT molecular complexity index is 605. The Kier molecular flexibility index (Phi) is 3.23. The van der Waals surface area contributed by atoms with Crippen molar-refractivity contribution in [2.45, 2.75) is 4.90 Å². The van der Waals surface area contributed by atoms with Gasteiger partial charge in [-0.25, -0.2) is 5.26 Å². The van der Waals surface area contributed by atoms with Gasteiger partial charge in [0, 0.05) is 5.56 Å². The average molecular weight is 250 g/mol. The lowest BCUT2D eigenvalue weighted by molar-refractivity contribution is -0.130. The summed E-state index contributed by atoms with van der Waals surface area (Å²) in [4.78, 5) is -0.0614. The molecule has 0 bridgehead atoms. The van der Waals surface area contributed by atoms with Gasteiger partial charge in [-0.1, -0.05) is 48.5 Å². The predicted molar refractivity (Wildman–Crippen MR) is 62.8 cm³/mol. The molecule has 0 atom stereocenters. The summed E-state index contributed by atoms with van der Waals surface area (Å²) in [5.74, 6) is 0. The Hall–Kier alpha value is -1.69. The van der Waals surface area contributed by atoms with Crippen molar-refractivity contribution in [3.63, 3.8) is 0 Å². The van der Waals surface area contributed by atoms with E-state index in [0.717, 1.165) is 5.56 Å². The van der Waals surface area contributed by atoms with E-state index in [0.29, 0.717) is 5.56 Å². The normalized spacial score (nSPS) is 11.4. The summed E-state index contributed by atoms with van der Waals surface area (Å²) >= 11 is 0. The monoisotopic (exact) mass is 250 g/mol. The molecule has 0 aliphatic rings. The van der Waals surface area contributed by atoms with Crippen LogP contribution in [0.1, 0.15) is 0 Å². The molecule has 0 aliphatic heterocycles. The highest BCUT2D eigenvalue weighted by molar-refractivity contribution is 7.86. The molecule has 2 aromatic rings. The molecule has 1 N–H and O–H groups in total. The number of hydrogen-bond donors (Lipinski definition) is 1. The predicted octanol–water partition coefficient (Wildman–Crippen LogP) is 2.53. The zero-order valence-electron chi connectivity index (χ0n) is 8.78. The van der Waals surface area contributed by atoms with Gasteiger partial charge in [0.05, 0.1) is 0 Å². The Morgan fingerprint density at radius 2 is 1.47 bits per heavy atom. The summed E-state index contributed by atoms with van der Waals surface area (Å²) in [7, 11) is -4.12. The minimum atomic E-state index is -4.12. The van der Waals surface area contributed by atoms with Gasteiger partial charge in [0.25, 0.3) is 0 Å². The lowest BCUT2D eigenvalue weighted by Gasteiger charge is -2.07. The molecule has 0 fully saturated rings. The molecule has 4 nitrogen and oxygen atoms in total. The van der Waals surface area contributed by atoms with Crippen LogP contribution < -0.4 is 0 Å². The topological polar surface area (TPSA) is 63.6 Å². The summed E-state index contributed by atoms with van der Waals surface area (Å²) in [5, 5.41) is 8.43. The quantitative estimate of drug-likeness (QED) is 0.671. The average Bonchev–Trinajstić information content (AvgIpc) is 2.40. The molecule has 5 heteroatoms. The molecular formula is C12H10O4S. The third-order valence-electron chi connectivity index (χ3n) is 2.34. The first-order chi connectivity index (χ1) is 8.15. The minimum Gasteiger partial charge on any atom is -0.235 e. The van der Waals surface area contributed by atoms with Gasteiger partial charge in [0.15, 0.2) is 0 Å². The van der Waals surface area contributed by atoms with E-state index in [1.807, 2.05) is 6.07 Å². The Morgan fingerprint density at radius 3 is 2.12 bits per heavy atom. The van der Waals surface area contributed by atoms with E-state index in [2.05, 4.69) is 4.33 Å². The smallest absolute Gasteiger partial charge is 0.235 e. The van der Waals surface area contributed by atoms with Crippen molar-refractivity contribution in [3.05, 3.63) is 54.6 Å². The second-order valence-electron chi connectivity index (χ2n) is 3.39. The van der Waals surface area contributed by atoms with Crippen molar-refractivity contribution < 1.29 is 18.0 Å². The van der Waals surface area contributed by atoms with Crippen LogP contribution in [0.25, 0.3) is 11.1 Å². The van der Waals surface area contributed by atoms with Crippen molar-refractivity contribution in [1.29, 1.82) is 0 Å². The van der Waals surface area contributed by atoms with Crippen LogP contribution in [0.15, 0.2) is 59.5 Å². The first-order valence-electron chi connectivity index (χ1n) is 4.87. The number of benzene rings is 2. The van der Waals surface area contributed by atoms with Crippen LogP contribution in [0.2, 0.25) is 0 Å². The largest absolute Gasteiger partial charge is 0.323 e. The number of hydrogen-bond acceptors (Lipinski definition) is 4. The van der Waals surface area contributed by atoms with Gasteiger partial charge < -0.3 is 0 Å². The second-order valence-corrected chi connectivity index (χ2v) is 4.89. The molecule has 0 saturated carbocycles. The fourth-order valence-corrected chi connectivity index (χ4v) is 2.36. The summed E-state index contributed by atoms with van der Waals surface area (Å²) in [6.45, 7) is 0. The lowest BCUT2D eigenvalue weighted by atomic mass is 10.1. The van der Waals surface area contributed by atoms with Gasteiger partial charge in [-0.05, 0) is 11.6 Å². The summed E-state index contributed by atoms with van der Waals surface area (Å²) in [6.07, 6.45) is 0. The van der Waals surface area contributed by atoms with E-state index in [1.165, 1.54) is 6.07 Å². The molecule has 0 amide bonds. The second kappa shape index (κ2) is 4.67. The maximum absolute atomic E-state index is 11.5. The van der Waals surface area contributed by atoms with Gasteiger partial charge in [0.2, 0.25) is 0 Å². The minimum absolute atomic E-state index is 0.0614. The standard InChI is InChI=1S/C12H10O4S/c13-16-17(14,15)12-9-5-4-8-11(12)10-6-2-1-3-7-10/h1-9,13H. The zero-order valence-corrected chi connectivity index (χ0v) is 9.59. The first kappa shape index (κ1) is 11.8. The molecule has 2 aromatic carbocycles. The van der Waals surface area contributed by atoms with Crippen LogP contribution in [0, 0.1) is 0 Å². The van der Waals surface area contributed by atoms with Crippen LogP contribution >= 0.6 is 0 Å². The van der Waals surface area contributed by atoms with Crippen molar-refractivity contribution in [1.82, 2.24) is 0 Å². The fourth-order valence-electron chi connectivity index (χ4n) is 1.58. The first-order valence-corrected chi connectivity index (χ1v) is 6.28. The van der Waals surface area contributed by atoms with E-state index in [9.17, 15) is 8.42 Å². The third-order valence-corrected chi connectivity index (χ3v) is 3.43. The molecule has 0 aromatic heterocycles. The van der Waals surface area contributed by atoms with E-state index in [-0.39, 0.29) is 4.90 Å². The van der Waals surface area contributed by atoms with Crippen LogP contribution in [-0.4, -0.2) is 13.7 Å². The molecular weight excluding hydrogens is 240 g/mol. The van der Waals surface area contributed by atoms with E-state index < -0.39 is 10.1 Å². The SMILES string of the molecule is O=S(=O)(OO)c1ccccc1-c1ccccc1. The molecule has 2 rings (SSSR count). The fraction of sp³-hybridized carbons (Fsp3) is 0. The van der Waals surface area contributed by atoms with Gasteiger partial charge in [-0.3, -0.25) is 0 Å². The van der Waals surface area contributed by atoms with Crippen molar-refractivity contribution in [3.8, 4) is 11.1 Å². The maximum atomic E-state index is 11.5. The van der Waals surface area contributed by atoms with Gasteiger partial charge in [0.1, 0.15) is 4.90 Å². The Balaban J connectivity index is 2.65. The highest BCUT2D eigenvalue weighted by Crippen LogP contribution is 2.27. The van der Waals surface area contributed by atoms with Crippen LogP contribution in [0.4, 0.5) is 0 Å². The van der Waals surface area contributed by atoms with Crippen molar-refractivity contribution in [2.24, 2.45) is 0 Å². The van der Waals surface area contributed by atoms with Crippen molar-refractivity contribution >= 4 is 10.1 Å². The molecule has 0 saturated heterocycles. The highest BCUT2D eigenvalue weighted by Gasteiger charge is 2.19. The van der Waals surface area contributed by atoms with Crippen molar-refractivity contribution in [2.75, 3.05) is 0 Å².